The Morgan fingerprint density at radius 2 is 1.36 bits per heavy atom. The van der Waals surface area contributed by atoms with Gasteiger partial charge in [0.1, 0.15) is 11.6 Å². The molecule has 12 heteroatoms. The Kier molecular flexibility index (Phi) is 18.4. The van der Waals surface area contributed by atoms with Crippen LogP contribution in [0.25, 0.3) is 0 Å². The lowest BCUT2D eigenvalue weighted by Crippen LogP contribution is -2.51. The topological polar surface area (TPSA) is 132 Å². The molecule has 0 aromatic carbocycles. The number of hydrogen-bond acceptors (Lipinski definition) is 10. The maximum atomic E-state index is 12.7. The van der Waals surface area contributed by atoms with Gasteiger partial charge in [0.15, 0.2) is 0 Å². The number of hydrogen-bond donors (Lipinski definition) is 2. The van der Waals surface area contributed by atoms with Crippen molar-refractivity contribution in [3.63, 3.8) is 0 Å². The van der Waals surface area contributed by atoms with Gasteiger partial charge in [-0.15, -0.1) is 0 Å². The lowest BCUT2D eigenvalue weighted by Gasteiger charge is -2.35. The SMILES string of the molecule is CCN(C)CC(=O)CCCC(=O)CN(C)CCN(CC)CC(=O)NCC(C)(C)COCC(C)(C)CC(=O)N1CCN(N)CC1. The molecule has 0 spiro atoms. The zero-order chi connectivity index (χ0) is 33.3. The Bertz CT molecular complexity index is 890. The van der Waals surface area contributed by atoms with E-state index in [9.17, 15) is 19.2 Å². The van der Waals surface area contributed by atoms with Crippen molar-refractivity contribution < 1.29 is 23.9 Å². The molecule has 1 heterocycles. The first-order valence-electron chi connectivity index (χ1n) is 16.3. The molecule has 44 heavy (non-hydrogen) atoms. The molecule has 1 aliphatic rings. The summed E-state index contributed by atoms with van der Waals surface area (Å²) < 4.78 is 6.04. The molecule has 1 saturated heterocycles. The summed E-state index contributed by atoms with van der Waals surface area (Å²) in [6, 6.07) is 0. The number of hydrazine groups is 1. The van der Waals surface area contributed by atoms with Gasteiger partial charge >= 0.3 is 0 Å². The quantitative estimate of drug-likeness (QED) is 0.159. The Labute approximate surface area is 266 Å². The number of carbonyl (C=O) groups is 4. The van der Waals surface area contributed by atoms with Crippen LogP contribution in [0.1, 0.15) is 67.2 Å². The number of Topliss-reactive ketones (excluding diaryl/α,β-unsaturated/α-hetero) is 2. The average Bonchev–Trinajstić information content (AvgIpc) is 2.93. The minimum absolute atomic E-state index is 0.0412. The normalized spacial score (nSPS) is 15.0. The number of ketones is 2. The molecule has 0 aromatic heterocycles. The van der Waals surface area contributed by atoms with Crippen molar-refractivity contribution in [2.24, 2.45) is 16.7 Å². The first-order valence-corrected chi connectivity index (χ1v) is 16.3. The van der Waals surface area contributed by atoms with Crippen molar-refractivity contribution in [1.29, 1.82) is 0 Å². The van der Waals surface area contributed by atoms with Crippen LogP contribution in [0.3, 0.4) is 0 Å². The van der Waals surface area contributed by atoms with Crippen molar-refractivity contribution in [2.45, 2.75) is 67.2 Å². The smallest absolute Gasteiger partial charge is 0.234 e. The standard InChI is InChI=1S/C32H63N7O5/c1-9-35(7)21-27(40)12-11-13-28(41)22-36(8)14-15-37(10-2)23-29(42)34-24-32(5,6)26-44-25-31(3,4)20-30(43)38-16-18-39(33)19-17-38/h9-26,33H2,1-8H3,(H,34,42). The van der Waals surface area contributed by atoms with Gasteiger partial charge in [0.25, 0.3) is 0 Å². The van der Waals surface area contributed by atoms with E-state index in [1.54, 1.807) is 5.01 Å². The number of nitrogens with two attached hydrogens (primary N) is 1. The van der Waals surface area contributed by atoms with Crippen LogP contribution >= 0.6 is 0 Å². The molecule has 0 aromatic rings. The molecule has 0 aliphatic carbocycles. The van der Waals surface area contributed by atoms with Crippen LogP contribution in [-0.4, -0.2) is 154 Å². The van der Waals surface area contributed by atoms with Gasteiger partial charge < -0.3 is 15.0 Å². The molecular formula is C32H63N7O5. The fraction of sp³-hybridized carbons (Fsp3) is 0.875. The van der Waals surface area contributed by atoms with E-state index in [1.807, 2.05) is 56.5 Å². The van der Waals surface area contributed by atoms with E-state index >= 15 is 0 Å². The van der Waals surface area contributed by atoms with Crippen molar-refractivity contribution in [3.05, 3.63) is 0 Å². The van der Waals surface area contributed by atoms with Gasteiger partial charge in [-0.1, -0.05) is 41.5 Å². The predicted molar refractivity (Wildman–Crippen MR) is 175 cm³/mol. The van der Waals surface area contributed by atoms with Crippen LogP contribution in [-0.2, 0) is 23.9 Å². The molecule has 0 radical (unpaired) electrons. The second kappa shape index (κ2) is 20.2. The molecule has 256 valence electrons. The number of carbonyl (C=O) groups excluding carboxylic acids is 4. The summed E-state index contributed by atoms with van der Waals surface area (Å²) in [5.74, 6) is 6.20. The van der Waals surface area contributed by atoms with Gasteiger partial charge in [0.2, 0.25) is 11.8 Å². The van der Waals surface area contributed by atoms with Crippen molar-refractivity contribution in [1.82, 2.24) is 29.9 Å². The summed E-state index contributed by atoms with van der Waals surface area (Å²) in [5, 5.41) is 4.79. The molecule has 12 nitrogen and oxygen atoms in total. The Balaban J connectivity index is 2.30. The lowest BCUT2D eigenvalue weighted by atomic mass is 9.89. The number of nitrogens with zero attached hydrogens (tertiary/aromatic N) is 5. The highest BCUT2D eigenvalue weighted by molar-refractivity contribution is 5.83. The maximum Gasteiger partial charge on any atom is 0.234 e. The summed E-state index contributed by atoms with van der Waals surface area (Å²) in [4.78, 5) is 57.7. The minimum Gasteiger partial charge on any atom is -0.380 e. The number of ether oxygens (including phenoxy) is 1. The van der Waals surface area contributed by atoms with Crippen LogP contribution in [0, 0.1) is 10.8 Å². The predicted octanol–water partition coefficient (Wildman–Crippen LogP) is 1.09. The monoisotopic (exact) mass is 625 g/mol. The second-order valence-corrected chi connectivity index (χ2v) is 14.1. The van der Waals surface area contributed by atoms with E-state index in [0.717, 1.165) is 13.1 Å². The number of piperazine rings is 1. The average molecular weight is 626 g/mol. The highest BCUT2D eigenvalue weighted by Crippen LogP contribution is 2.24. The zero-order valence-corrected chi connectivity index (χ0v) is 29.1. The summed E-state index contributed by atoms with van der Waals surface area (Å²) in [6.45, 7) is 20.3. The molecule has 0 unspecified atom stereocenters. The van der Waals surface area contributed by atoms with Crippen LogP contribution < -0.4 is 11.2 Å². The molecule has 1 aliphatic heterocycles. The van der Waals surface area contributed by atoms with E-state index in [4.69, 9.17) is 10.6 Å². The Morgan fingerprint density at radius 3 is 1.93 bits per heavy atom. The summed E-state index contributed by atoms with van der Waals surface area (Å²) >= 11 is 0. The van der Waals surface area contributed by atoms with Gasteiger partial charge in [-0.2, -0.15) is 0 Å². The molecule has 0 bridgehead atoms. The third-order valence-electron chi connectivity index (χ3n) is 8.00. The number of likely N-dealkylation sites (N-methyl/N-ethyl adjacent to an activating group) is 3. The fourth-order valence-corrected chi connectivity index (χ4v) is 4.89. The van der Waals surface area contributed by atoms with E-state index < -0.39 is 0 Å². The summed E-state index contributed by atoms with van der Waals surface area (Å²) in [7, 11) is 3.83. The minimum atomic E-state index is -0.291. The van der Waals surface area contributed by atoms with Crippen molar-refractivity contribution in [2.75, 3.05) is 106 Å². The number of amides is 2. The van der Waals surface area contributed by atoms with E-state index in [0.29, 0.717) is 97.8 Å². The molecular weight excluding hydrogens is 562 g/mol. The second-order valence-electron chi connectivity index (χ2n) is 14.1. The van der Waals surface area contributed by atoms with E-state index in [1.165, 1.54) is 0 Å². The third-order valence-corrected chi connectivity index (χ3v) is 8.00. The van der Waals surface area contributed by atoms with E-state index in [-0.39, 0.29) is 40.8 Å². The largest absolute Gasteiger partial charge is 0.380 e. The van der Waals surface area contributed by atoms with Crippen molar-refractivity contribution in [3.8, 4) is 0 Å². The molecule has 3 N–H and O–H groups in total. The van der Waals surface area contributed by atoms with Gasteiger partial charge in [-0.3, -0.25) is 39.7 Å². The highest BCUT2D eigenvalue weighted by atomic mass is 16.5. The Morgan fingerprint density at radius 1 is 0.795 bits per heavy atom. The van der Waals surface area contributed by atoms with Crippen LogP contribution in [0.4, 0.5) is 0 Å². The Hall–Kier alpha value is -1.96. The van der Waals surface area contributed by atoms with E-state index in [2.05, 4.69) is 24.1 Å². The van der Waals surface area contributed by atoms with Crippen molar-refractivity contribution >= 4 is 23.4 Å². The van der Waals surface area contributed by atoms with Gasteiger partial charge in [-0.25, -0.2) is 5.01 Å². The van der Waals surface area contributed by atoms with Gasteiger partial charge in [-0.05, 0) is 39.0 Å². The molecule has 0 saturated carbocycles. The first kappa shape index (κ1) is 40.1. The third kappa shape index (κ3) is 18.1. The van der Waals surface area contributed by atoms with Gasteiger partial charge in [0, 0.05) is 70.5 Å². The van der Waals surface area contributed by atoms with Crippen LogP contribution in [0.2, 0.25) is 0 Å². The lowest BCUT2D eigenvalue weighted by molar-refractivity contribution is -0.136. The first-order chi connectivity index (χ1) is 20.6. The summed E-state index contributed by atoms with van der Waals surface area (Å²) in [6.07, 6.45) is 1.86. The van der Waals surface area contributed by atoms with Gasteiger partial charge in [0.05, 0.1) is 32.8 Å². The summed E-state index contributed by atoms with van der Waals surface area (Å²) in [5.41, 5.74) is -0.554. The molecule has 0 atom stereocenters. The highest BCUT2D eigenvalue weighted by Gasteiger charge is 2.29. The maximum absolute atomic E-state index is 12.7. The molecule has 1 rings (SSSR count). The number of rotatable bonds is 23. The fourth-order valence-electron chi connectivity index (χ4n) is 4.89. The van der Waals surface area contributed by atoms with Crippen LogP contribution in [0.15, 0.2) is 0 Å². The molecule has 1 fully saturated rings. The number of nitrogens with one attached hydrogen (secondary N) is 1. The zero-order valence-electron chi connectivity index (χ0n) is 29.1. The molecule has 2 amide bonds. The van der Waals surface area contributed by atoms with Crippen LogP contribution in [0.5, 0.6) is 0 Å².